The van der Waals surface area contributed by atoms with E-state index in [2.05, 4.69) is 5.32 Å². The molecule has 1 aliphatic rings. The van der Waals surface area contributed by atoms with Gasteiger partial charge in [0.25, 0.3) is 5.91 Å². The summed E-state index contributed by atoms with van der Waals surface area (Å²) >= 11 is 0. The molecule has 0 aromatic heterocycles. The van der Waals surface area contributed by atoms with E-state index in [1.54, 1.807) is 4.90 Å². The fourth-order valence-electron chi connectivity index (χ4n) is 2.72. The summed E-state index contributed by atoms with van der Waals surface area (Å²) in [6.45, 7) is 9.39. The second-order valence-electron chi connectivity index (χ2n) is 5.40. The highest BCUT2D eigenvalue weighted by molar-refractivity contribution is 6.07. The van der Waals surface area contributed by atoms with E-state index in [4.69, 9.17) is 0 Å². The van der Waals surface area contributed by atoms with Crippen LogP contribution < -0.4 is 10.2 Å². The lowest BCUT2D eigenvalue weighted by atomic mass is 9.99. The maximum absolute atomic E-state index is 12.6. The van der Waals surface area contributed by atoms with Crippen LogP contribution in [0.25, 0.3) is 0 Å². The van der Waals surface area contributed by atoms with Gasteiger partial charge in [-0.1, -0.05) is 12.1 Å². The molecular formula is C15H20N2O2. The molecule has 1 aliphatic heterocycles. The quantitative estimate of drug-likeness (QED) is 0.886. The van der Waals surface area contributed by atoms with E-state index in [0.29, 0.717) is 0 Å². The molecule has 4 nitrogen and oxygen atoms in total. The molecule has 0 radical (unpaired) electrons. The van der Waals surface area contributed by atoms with Crippen LogP contribution in [0.5, 0.6) is 0 Å². The summed E-state index contributed by atoms with van der Waals surface area (Å²) in [4.78, 5) is 25.7. The Balaban J connectivity index is 2.63. The van der Waals surface area contributed by atoms with Crippen molar-refractivity contribution in [1.29, 1.82) is 0 Å². The molecule has 0 aliphatic carbocycles. The van der Waals surface area contributed by atoms with Crippen molar-refractivity contribution in [2.45, 2.75) is 46.7 Å². The van der Waals surface area contributed by atoms with E-state index >= 15 is 0 Å². The van der Waals surface area contributed by atoms with Gasteiger partial charge in [0.1, 0.15) is 6.04 Å². The molecular weight excluding hydrogens is 240 g/mol. The van der Waals surface area contributed by atoms with Gasteiger partial charge in [0.05, 0.1) is 5.69 Å². The van der Waals surface area contributed by atoms with Gasteiger partial charge in [-0.05, 0) is 38.8 Å². The Morgan fingerprint density at radius 3 is 2.37 bits per heavy atom. The van der Waals surface area contributed by atoms with Crippen LogP contribution in [-0.2, 0) is 9.59 Å². The third kappa shape index (κ3) is 2.11. The normalized spacial score (nSPS) is 17.9. The minimum Gasteiger partial charge on any atom is -0.341 e. The van der Waals surface area contributed by atoms with E-state index in [1.807, 2.05) is 39.8 Å². The molecule has 0 saturated heterocycles. The summed E-state index contributed by atoms with van der Waals surface area (Å²) in [6, 6.07) is 3.55. The standard InChI is InChI=1S/C15H20N2O2/c1-8(2)17-14-10(4)7-6-9(3)12(14)13(15(17)19)16-11(5)18/h6-8,13H,1-5H3,(H,16,18). The van der Waals surface area contributed by atoms with Gasteiger partial charge >= 0.3 is 0 Å². The second-order valence-corrected chi connectivity index (χ2v) is 5.40. The Kier molecular flexibility index (Phi) is 3.35. The van der Waals surface area contributed by atoms with E-state index < -0.39 is 6.04 Å². The van der Waals surface area contributed by atoms with Crippen molar-refractivity contribution in [3.05, 3.63) is 28.8 Å². The minimum atomic E-state index is -0.546. The van der Waals surface area contributed by atoms with Crippen molar-refractivity contribution < 1.29 is 9.59 Å². The van der Waals surface area contributed by atoms with Crippen LogP contribution in [0.1, 0.15) is 43.5 Å². The maximum Gasteiger partial charge on any atom is 0.254 e. The number of rotatable bonds is 2. The van der Waals surface area contributed by atoms with Crippen molar-refractivity contribution in [3.8, 4) is 0 Å². The molecule has 19 heavy (non-hydrogen) atoms. The minimum absolute atomic E-state index is 0.0439. The van der Waals surface area contributed by atoms with Crippen molar-refractivity contribution in [3.63, 3.8) is 0 Å². The highest BCUT2D eigenvalue weighted by atomic mass is 16.2. The zero-order chi connectivity index (χ0) is 14.3. The van der Waals surface area contributed by atoms with Crippen molar-refractivity contribution >= 4 is 17.5 Å². The third-order valence-corrected chi connectivity index (χ3v) is 3.51. The summed E-state index contributed by atoms with van der Waals surface area (Å²) in [6.07, 6.45) is 0. The molecule has 102 valence electrons. The van der Waals surface area contributed by atoms with E-state index in [9.17, 15) is 9.59 Å². The number of hydrogen-bond donors (Lipinski definition) is 1. The Morgan fingerprint density at radius 1 is 1.26 bits per heavy atom. The first-order chi connectivity index (χ1) is 8.84. The Labute approximate surface area is 113 Å². The Bertz CT molecular complexity index is 549. The summed E-state index contributed by atoms with van der Waals surface area (Å²) in [5, 5.41) is 2.77. The lowest BCUT2D eigenvalue weighted by Gasteiger charge is -2.23. The highest BCUT2D eigenvalue weighted by Crippen LogP contribution is 2.41. The number of nitrogens with one attached hydrogen (secondary N) is 1. The molecule has 1 N–H and O–H groups in total. The van der Waals surface area contributed by atoms with Gasteiger partial charge < -0.3 is 10.2 Å². The summed E-state index contributed by atoms with van der Waals surface area (Å²) in [7, 11) is 0. The molecule has 1 unspecified atom stereocenters. The van der Waals surface area contributed by atoms with Crippen LogP contribution in [0.4, 0.5) is 5.69 Å². The fourth-order valence-corrected chi connectivity index (χ4v) is 2.72. The van der Waals surface area contributed by atoms with Gasteiger partial charge in [-0.2, -0.15) is 0 Å². The molecule has 2 amide bonds. The first-order valence-electron chi connectivity index (χ1n) is 6.55. The van der Waals surface area contributed by atoms with Crippen LogP contribution in [0, 0.1) is 13.8 Å². The average Bonchev–Trinajstić information content (AvgIpc) is 2.58. The lowest BCUT2D eigenvalue weighted by molar-refractivity contribution is -0.126. The van der Waals surface area contributed by atoms with E-state index in [1.165, 1.54) is 6.92 Å². The molecule has 1 heterocycles. The van der Waals surface area contributed by atoms with Crippen molar-refractivity contribution in [2.24, 2.45) is 0 Å². The smallest absolute Gasteiger partial charge is 0.254 e. The Hall–Kier alpha value is -1.84. The lowest BCUT2D eigenvalue weighted by Crippen LogP contribution is -2.40. The average molecular weight is 260 g/mol. The number of anilines is 1. The number of fused-ring (bicyclic) bond motifs is 1. The van der Waals surface area contributed by atoms with Gasteiger partial charge in [-0.3, -0.25) is 9.59 Å². The first-order valence-corrected chi connectivity index (χ1v) is 6.55. The number of carbonyl (C=O) groups is 2. The SMILES string of the molecule is CC(=O)NC1C(=O)N(C(C)C)c2c(C)ccc(C)c21. The zero-order valence-electron chi connectivity index (χ0n) is 12.1. The van der Waals surface area contributed by atoms with Crippen molar-refractivity contribution in [1.82, 2.24) is 5.32 Å². The first kappa shape index (κ1) is 13.6. The fraction of sp³-hybridized carbons (Fsp3) is 0.467. The van der Waals surface area contributed by atoms with Crippen LogP contribution >= 0.6 is 0 Å². The molecule has 1 aromatic carbocycles. The molecule has 1 aromatic rings. The van der Waals surface area contributed by atoms with E-state index in [-0.39, 0.29) is 17.9 Å². The second kappa shape index (κ2) is 4.68. The van der Waals surface area contributed by atoms with Crippen LogP contribution in [-0.4, -0.2) is 17.9 Å². The predicted octanol–water partition coefficient (Wildman–Crippen LogP) is 2.24. The summed E-state index contributed by atoms with van der Waals surface area (Å²) in [5.74, 6) is -0.228. The summed E-state index contributed by atoms with van der Waals surface area (Å²) < 4.78 is 0. The topological polar surface area (TPSA) is 49.4 Å². The molecule has 2 rings (SSSR count). The largest absolute Gasteiger partial charge is 0.341 e. The number of nitrogens with zero attached hydrogens (tertiary/aromatic N) is 1. The van der Waals surface area contributed by atoms with Crippen LogP contribution in [0.2, 0.25) is 0 Å². The van der Waals surface area contributed by atoms with Crippen molar-refractivity contribution in [2.75, 3.05) is 4.90 Å². The predicted molar refractivity (Wildman–Crippen MR) is 75.1 cm³/mol. The molecule has 0 fully saturated rings. The number of amides is 2. The van der Waals surface area contributed by atoms with Gasteiger partial charge in [0.2, 0.25) is 5.91 Å². The monoisotopic (exact) mass is 260 g/mol. The third-order valence-electron chi connectivity index (χ3n) is 3.51. The molecule has 0 spiro atoms. The number of benzene rings is 1. The van der Waals surface area contributed by atoms with Crippen LogP contribution in [0.3, 0.4) is 0 Å². The molecule has 4 heteroatoms. The maximum atomic E-state index is 12.6. The molecule has 0 saturated carbocycles. The van der Waals surface area contributed by atoms with E-state index in [0.717, 1.165) is 22.4 Å². The molecule has 0 bridgehead atoms. The number of carbonyl (C=O) groups excluding carboxylic acids is 2. The van der Waals surface area contributed by atoms with Gasteiger partial charge in [0, 0.05) is 18.5 Å². The van der Waals surface area contributed by atoms with Gasteiger partial charge in [-0.15, -0.1) is 0 Å². The zero-order valence-corrected chi connectivity index (χ0v) is 12.1. The van der Waals surface area contributed by atoms with Gasteiger partial charge in [0.15, 0.2) is 0 Å². The Morgan fingerprint density at radius 2 is 1.84 bits per heavy atom. The molecule has 1 atom stereocenters. The number of hydrogen-bond acceptors (Lipinski definition) is 2. The number of aryl methyl sites for hydroxylation is 2. The summed E-state index contributed by atoms with van der Waals surface area (Å²) in [5.41, 5.74) is 4.00. The highest BCUT2D eigenvalue weighted by Gasteiger charge is 2.40. The van der Waals surface area contributed by atoms with Crippen LogP contribution in [0.15, 0.2) is 12.1 Å². The van der Waals surface area contributed by atoms with Gasteiger partial charge in [-0.25, -0.2) is 0 Å².